The minimum Gasteiger partial charge on any atom is -0.434 e. The molecule has 10 nitrogen and oxygen atoms in total. The fourth-order valence-electron chi connectivity index (χ4n) is 4.47. The third-order valence-corrected chi connectivity index (χ3v) is 7.17. The topological polar surface area (TPSA) is 124 Å². The van der Waals surface area contributed by atoms with Crippen molar-refractivity contribution in [2.45, 2.75) is 13.8 Å². The van der Waals surface area contributed by atoms with Gasteiger partial charge in [0, 0.05) is 6.07 Å². The van der Waals surface area contributed by atoms with E-state index in [1.807, 2.05) is 0 Å². The summed E-state index contributed by atoms with van der Waals surface area (Å²) in [5.74, 6) is -0.453. The van der Waals surface area contributed by atoms with Gasteiger partial charge in [-0.15, -0.1) is 0 Å². The Morgan fingerprint density at radius 3 is 1.24 bits per heavy atom. The van der Waals surface area contributed by atoms with Gasteiger partial charge in [0.15, 0.2) is 5.75 Å². The Hall–Kier alpha value is -6.13. The Morgan fingerprint density at radius 2 is 0.837 bits per heavy atom. The van der Waals surface area contributed by atoms with E-state index in [1.54, 1.807) is 111 Å². The molecule has 0 aliphatic heterocycles. The van der Waals surface area contributed by atoms with Crippen molar-refractivity contribution in [3.8, 4) is 45.3 Å². The molecule has 0 saturated carbocycles. The van der Waals surface area contributed by atoms with Crippen LogP contribution in [-0.2, 0) is 9.47 Å². The van der Waals surface area contributed by atoms with Crippen LogP contribution in [0.5, 0.6) is 23.0 Å². The second kappa shape index (κ2) is 16.1. The van der Waals surface area contributed by atoms with E-state index in [9.17, 15) is 19.2 Å². The lowest BCUT2D eigenvalue weighted by Gasteiger charge is -2.10. The fraction of sp³-hybridized carbons (Fsp3) is 0.105. The Labute approximate surface area is 286 Å². The summed E-state index contributed by atoms with van der Waals surface area (Å²) in [5, 5.41) is 0.151. The first kappa shape index (κ1) is 34.2. The maximum Gasteiger partial charge on any atom is 0.513 e. The first-order valence-corrected chi connectivity index (χ1v) is 15.4. The van der Waals surface area contributed by atoms with Crippen molar-refractivity contribution in [3.63, 3.8) is 0 Å². The molecular weight excluding hydrogens is 652 g/mol. The molecule has 0 aliphatic carbocycles. The van der Waals surface area contributed by atoms with Gasteiger partial charge in [0.2, 0.25) is 0 Å². The van der Waals surface area contributed by atoms with Crippen LogP contribution in [0.15, 0.2) is 115 Å². The van der Waals surface area contributed by atoms with Gasteiger partial charge in [0.1, 0.15) is 17.2 Å². The van der Waals surface area contributed by atoms with Crippen molar-refractivity contribution in [1.29, 1.82) is 0 Å². The molecule has 0 unspecified atom stereocenters. The number of halogens is 1. The van der Waals surface area contributed by atoms with Gasteiger partial charge in [-0.25, -0.2) is 19.2 Å². The molecule has 248 valence electrons. The number of ether oxygens (including phenoxy) is 6. The second-order valence-corrected chi connectivity index (χ2v) is 10.6. The number of hydrogen-bond acceptors (Lipinski definition) is 10. The van der Waals surface area contributed by atoms with Gasteiger partial charge in [0.05, 0.1) is 29.4 Å². The van der Waals surface area contributed by atoms with E-state index < -0.39 is 24.2 Å². The zero-order valence-corrected chi connectivity index (χ0v) is 27.1. The van der Waals surface area contributed by atoms with Crippen LogP contribution in [-0.4, -0.2) is 37.5 Å². The van der Waals surface area contributed by atoms with E-state index in [4.69, 9.17) is 40.0 Å². The molecule has 0 aromatic heterocycles. The Morgan fingerprint density at radius 1 is 0.469 bits per heavy atom. The van der Waals surface area contributed by atoms with Crippen molar-refractivity contribution >= 4 is 35.9 Å². The number of hydrogen-bond donors (Lipinski definition) is 0. The molecule has 0 bridgehead atoms. The molecule has 0 atom stereocenters. The summed E-state index contributed by atoms with van der Waals surface area (Å²) >= 11 is 6.28. The molecule has 0 fully saturated rings. The first-order valence-electron chi connectivity index (χ1n) is 15.1. The quantitative estimate of drug-likeness (QED) is 0.0801. The second-order valence-electron chi connectivity index (χ2n) is 10.1. The van der Waals surface area contributed by atoms with Gasteiger partial charge in [-0.3, -0.25) is 0 Å². The molecule has 49 heavy (non-hydrogen) atoms. The van der Waals surface area contributed by atoms with Crippen molar-refractivity contribution < 1.29 is 47.6 Å². The van der Waals surface area contributed by atoms with E-state index in [2.05, 4.69) is 0 Å². The van der Waals surface area contributed by atoms with Crippen LogP contribution in [0, 0.1) is 0 Å². The van der Waals surface area contributed by atoms with Crippen molar-refractivity contribution in [2.75, 3.05) is 13.2 Å². The lowest BCUT2D eigenvalue weighted by Crippen LogP contribution is -2.10. The third kappa shape index (κ3) is 9.24. The van der Waals surface area contributed by atoms with E-state index in [1.165, 1.54) is 18.2 Å². The van der Waals surface area contributed by atoms with Crippen molar-refractivity contribution in [2.24, 2.45) is 0 Å². The van der Waals surface area contributed by atoms with Crippen LogP contribution < -0.4 is 18.9 Å². The fourth-order valence-corrected chi connectivity index (χ4v) is 4.62. The SMILES string of the molecule is CCOC(=O)Oc1ccc(-c2ccc(C(=O)Oc3ccc(Cl)c(OC(=O)c4ccc(-c5ccc(OC(=O)OCC)cc5)cc4)c3)cc2)cc1. The number of rotatable bonds is 10. The Bertz CT molecular complexity index is 1940. The van der Waals surface area contributed by atoms with E-state index in [0.29, 0.717) is 17.1 Å². The predicted octanol–water partition coefficient (Wildman–Crippen LogP) is 9.18. The highest BCUT2D eigenvalue weighted by atomic mass is 35.5. The molecule has 0 N–H and O–H groups in total. The summed E-state index contributed by atoms with van der Waals surface area (Å²) in [5.41, 5.74) is 3.88. The molecule has 11 heteroatoms. The highest BCUT2D eigenvalue weighted by Crippen LogP contribution is 2.31. The Balaban J connectivity index is 1.18. The first-order chi connectivity index (χ1) is 23.7. The number of esters is 2. The van der Waals surface area contributed by atoms with Gasteiger partial charge in [0.25, 0.3) is 0 Å². The molecule has 5 aromatic carbocycles. The molecule has 0 saturated heterocycles. The largest absolute Gasteiger partial charge is 0.513 e. The van der Waals surface area contributed by atoms with Crippen LogP contribution in [0.4, 0.5) is 9.59 Å². The summed E-state index contributed by atoms with van der Waals surface area (Å²) in [7, 11) is 0. The average Bonchev–Trinajstić information content (AvgIpc) is 3.11. The maximum absolute atomic E-state index is 12.9. The van der Waals surface area contributed by atoms with Gasteiger partial charge < -0.3 is 28.4 Å². The van der Waals surface area contributed by atoms with Crippen LogP contribution >= 0.6 is 11.6 Å². The molecule has 0 radical (unpaired) electrons. The van der Waals surface area contributed by atoms with Crippen molar-refractivity contribution in [3.05, 3.63) is 131 Å². The normalized spacial score (nSPS) is 10.4. The minimum absolute atomic E-state index is 0.0176. The van der Waals surface area contributed by atoms with Gasteiger partial charge in [-0.1, -0.05) is 60.1 Å². The molecule has 5 aromatic rings. The smallest absolute Gasteiger partial charge is 0.434 e. The summed E-state index contributed by atoms with van der Waals surface area (Å²) in [4.78, 5) is 48.8. The van der Waals surface area contributed by atoms with Crippen LogP contribution in [0.1, 0.15) is 34.6 Å². The maximum atomic E-state index is 12.9. The Kier molecular flexibility index (Phi) is 11.3. The number of benzene rings is 5. The zero-order valence-electron chi connectivity index (χ0n) is 26.3. The lowest BCUT2D eigenvalue weighted by molar-refractivity contribution is 0.0731. The predicted molar refractivity (Wildman–Crippen MR) is 180 cm³/mol. The molecule has 0 spiro atoms. The summed E-state index contributed by atoms with van der Waals surface area (Å²) in [6.45, 7) is 3.80. The monoisotopic (exact) mass is 680 g/mol. The van der Waals surface area contributed by atoms with Gasteiger partial charge in [-0.2, -0.15) is 0 Å². The molecular formula is C38H29ClO10. The molecule has 5 rings (SSSR count). The van der Waals surface area contributed by atoms with Crippen LogP contribution in [0.3, 0.4) is 0 Å². The third-order valence-electron chi connectivity index (χ3n) is 6.86. The molecule has 0 heterocycles. The highest BCUT2D eigenvalue weighted by molar-refractivity contribution is 6.32. The number of carbonyl (C=O) groups excluding carboxylic acids is 4. The average molecular weight is 681 g/mol. The van der Waals surface area contributed by atoms with E-state index in [-0.39, 0.29) is 35.3 Å². The summed E-state index contributed by atoms with van der Waals surface area (Å²) < 4.78 is 30.7. The summed E-state index contributed by atoms with van der Waals surface area (Å²) in [6, 6.07) is 31.4. The standard InChI is InChI=1S/C38H29ClO10/c1-3-44-37(42)47-30-17-13-26(14-18-30)24-5-9-28(10-6-24)35(40)46-32-21-22-33(39)34(23-32)49-36(41)29-11-7-25(8-12-29)27-15-19-31(20-16-27)48-38(43)45-4-2/h5-23H,3-4H2,1-2H3. The highest BCUT2D eigenvalue weighted by Gasteiger charge is 2.16. The van der Waals surface area contributed by atoms with Crippen molar-refractivity contribution in [1.82, 2.24) is 0 Å². The van der Waals surface area contributed by atoms with Crippen LogP contribution in [0.25, 0.3) is 22.3 Å². The van der Waals surface area contributed by atoms with Crippen LogP contribution in [0.2, 0.25) is 5.02 Å². The lowest BCUT2D eigenvalue weighted by atomic mass is 10.0. The number of carbonyl (C=O) groups is 4. The van der Waals surface area contributed by atoms with E-state index >= 15 is 0 Å². The zero-order chi connectivity index (χ0) is 34.8. The minimum atomic E-state index is -0.779. The molecule has 0 amide bonds. The summed E-state index contributed by atoms with van der Waals surface area (Å²) in [6.07, 6.45) is -1.56. The van der Waals surface area contributed by atoms with E-state index in [0.717, 1.165) is 22.3 Å². The van der Waals surface area contributed by atoms with Gasteiger partial charge >= 0.3 is 24.2 Å². The molecule has 0 aliphatic rings. The van der Waals surface area contributed by atoms with Gasteiger partial charge in [-0.05, 0) is 96.8 Å².